The van der Waals surface area contributed by atoms with Crippen LogP contribution in [0.4, 0.5) is 5.69 Å². The van der Waals surface area contributed by atoms with Crippen molar-refractivity contribution in [1.82, 2.24) is 4.72 Å². The molecule has 1 spiro atoms. The van der Waals surface area contributed by atoms with E-state index < -0.39 is 11.0 Å². The van der Waals surface area contributed by atoms with Crippen molar-refractivity contribution in [2.24, 2.45) is 17.8 Å². The van der Waals surface area contributed by atoms with E-state index in [0.717, 1.165) is 68.1 Å². The van der Waals surface area contributed by atoms with Crippen LogP contribution in [0.5, 0.6) is 5.75 Å². The first-order chi connectivity index (χ1) is 21.3. The molecule has 7 atom stereocenters. The third-order valence-corrected chi connectivity index (χ3v) is 12.3. The number of rotatable bonds is 4. The summed E-state index contributed by atoms with van der Waals surface area (Å²) >= 11 is 6.43. The number of benzene rings is 2. The molecule has 2 bridgehead atoms. The summed E-state index contributed by atoms with van der Waals surface area (Å²) in [6, 6.07) is 12.0. The van der Waals surface area contributed by atoms with Crippen molar-refractivity contribution in [3.63, 3.8) is 0 Å². The van der Waals surface area contributed by atoms with Gasteiger partial charge in [0.2, 0.25) is 0 Å². The van der Waals surface area contributed by atoms with Gasteiger partial charge in [-0.3, -0.25) is 9.52 Å². The highest BCUT2D eigenvalue weighted by Crippen LogP contribution is 2.47. The van der Waals surface area contributed by atoms with Gasteiger partial charge in [-0.2, -0.15) is 0 Å². The van der Waals surface area contributed by atoms with Gasteiger partial charge in [0, 0.05) is 49.9 Å². The molecule has 1 saturated carbocycles. The van der Waals surface area contributed by atoms with E-state index in [9.17, 15) is 9.00 Å². The molecule has 2 aromatic rings. The Kier molecular flexibility index (Phi) is 9.72. The fourth-order valence-electron chi connectivity index (χ4n) is 7.83. The van der Waals surface area contributed by atoms with Crippen LogP contribution in [0, 0.1) is 17.8 Å². The van der Waals surface area contributed by atoms with Crippen LogP contribution >= 0.6 is 11.6 Å². The summed E-state index contributed by atoms with van der Waals surface area (Å²) in [5, 5.41) is 0.529. The second-order valence-corrected chi connectivity index (χ2v) is 15.0. The summed E-state index contributed by atoms with van der Waals surface area (Å²) in [5.74, 6) is 1.40. The second kappa shape index (κ2) is 13.5. The Morgan fingerprint density at radius 2 is 2.05 bits per heavy atom. The van der Waals surface area contributed by atoms with Crippen molar-refractivity contribution in [3.8, 4) is 5.75 Å². The quantitative estimate of drug-likeness (QED) is 0.398. The molecule has 4 aliphatic rings. The lowest BCUT2D eigenvalue weighted by molar-refractivity contribution is 0.0131. The number of hydrogen-bond donors (Lipinski definition) is 1. The van der Waals surface area contributed by atoms with Crippen molar-refractivity contribution in [2.45, 2.75) is 68.6 Å². The molecule has 2 aliphatic carbocycles. The van der Waals surface area contributed by atoms with Gasteiger partial charge in [0.1, 0.15) is 16.7 Å². The molecule has 1 fully saturated rings. The Labute approximate surface area is 269 Å². The maximum Gasteiger partial charge on any atom is 0.263 e. The molecule has 0 radical (unpaired) electrons. The zero-order valence-electron chi connectivity index (χ0n) is 26.1. The number of nitrogens with zero attached hydrogens (tertiary/aromatic N) is 1. The molecule has 0 aromatic heterocycles. The number of ether oxygens (including phenoxy) is 3. The Morgan fingerprint density at radius 3 is 2.82 bits per heavy atom. The molecule has 1 amide bonds. The van der Waals surface area contributed by atoms with Gasteiger partial charge in [0.25, 0.3) is 5.91 Å². The number of nitrogens with one attached hydrogen (secondary N) is 1. The maximum absolute atomic E-state index is 13.6. The number of aryl methyl sites for hydroxylation is 1. The third kappa shape index (κ3) is 6.33. The zero-order chi connectivity index (χ0) is 30.8. The molecule has 2 aliphatic heterocycles. The predicted octanol–water partition coefficient (Wildman–Crippen LogP) is 6.25. The number of methoxy groups -OCH3 is 2. The van der Waals surface area contributed by atoms with Crippen LogP contribution in [0.3, 0.4) is 0 Å². The maximum atomic E-state index is 13.6. The van der Waals surface area contributed by atoms with Gasteiger partial charge in [0.15, 0.2) is 0 Å². The number of fused-ring (bicyclic) bond motifs is 4. The summed E-state index contributed by atoms with van der Waals surface area (Å²) < 4.78 is 34.4. The average Bonchev–Trinajstić information content (AvgIpc) is 3.15. The fourth-order valence-corrected chi connectivity index (χ4v) is 9.32. The Hall–Kier alpha value is -2.39. The van der Waals surface area contributed by atoms with Crippen LogP contribution in [-0.2, 0) is 32.3 Å². The van der Waals surface area contributed by atoms with E-state index in [2.05, 4.69) is 40.8 Å². The van der Waals surface area contributed by atoms with E-state index in [4.69, 9.17) is 25.8 Å². The highest BCUT2D eigenvalue weighted by atomic mass is 35.5. The third-order valence-electron chi connectivity index (χ3n) is 10.5. The van der Waals surface area contributed by atoms with E-state index in [1.54, 1.807) is 20.3 Å². The monoisotopic (exact) mass is 640 g/mol. The summed E-state index contributed by atoms with van der Waals surface area (Å²) in [6.45, 7) is 4.78. The molecule has 2 heterocycles. The summed E-state index contributed by atoms with van der Waals surface area (Å²) in [5.41, 5.74) is 3.85. The molecule has 2 aromatic carbocycles. The van der Waals surface area contributed by atoms with Crippen molar-refractivity contribution < 1.29 is 23.2 Å². The Balaban J connectivity index is 1.39. The average molecular weight is 641 g/mol. The molecular formula is C35H45ClN2O5S. The Morgan fingerprint density at radius 1 is 1.18 bits per heavy atom. The summed E-state index contributed by atoms with van der Waals surface area (Å²) in [4.78, 5) is 16.0. The fraction of sp³-hybridized carbons (Fsp3) is 0.571. The van der Waals surface area contributed by atoms with Gasteiger partial charge < -0.3 is 19.1 Å². The lowest BCUT2D eigenvalue weighted by Gasteiger charge is -2.46. The minimum absolute atomic E-state index is 0.0250. The normalized spacial score (nSPS) is 32.8. The zero-order valence-corrected chi connectivity index (χ0v) is 27.6. The predicted molar refractivity (Wildman–Crippen MR) is 176 cm³/mol. The number of allylic oxidation sites excluding steroid dienone is 1. The molecule has 7 nitrogen and oxygen atoms in total. The van der Waals surface area contributed by atoms with Gasteiger partial charge in [-0.05, 0) is 104 Å². The molecule has 9 heteroatoms. The molecule has 44 heavy (non-hydrogen) atoms. The Bertz CT molecular complexity index is 1420. The number of amides is 1. The summed E-state index contributed by atoms with van der Waals surface area (Å²) in [7, 11) is 1.88. The molecule has 0 saturated heterocycles. The lowest BCUT2D eigenvalue weighted by Crippen LogP contribution is -2.49. The van der Waals surface area contributed by atoms with Crippen LogP contribution in [-0.4, -0.2) is 62.0 Å². The van der Waals surface area contributed by atoms with Crippen LogP contribution in [0.2, 0.25) is 5.02 Å². The first-order valence-electron chi connectivity index (χ1n) is 16.0. The minimum Gasteiger partial charge on any atom is -0.490 e. The topological polar surface area (TPSA) is 77.1 Å². The number of hydrogen-bond acceptors (Lipinski definition) is 6. The van der Waals surface area contributed by atoms with Gasteiger partial charge in [-0.25, -0.2) is 4.21 Å². The number of carbonyl (C=O) groups excluding carboxylic acids is 1. The standard InChI is InChI=1S/C35H45ClN2O5S/c1-23-6-4-8-31(42-3)28-12-9-26(28)20-38-21-35(16-5-7-24-18-27(36)11-13-29(24)35)22-43-32-14-10-25(19-30(32)38)34(39)37-44(40)33(23)15-17-41-2/h4,8,10-11,13-14,18-19,23,26,28,31,33H,5-7,9,12,15-17,20-22H2,1-3H3,(H,37,39)/b8-4+/t23?,26?,28?,31?,33?,35-,44?/m0/s1. The van der Waals surface area contributed by atoms with Crippen LogP contribution in [0.1, 0.15) is 66.9 Å². The largest absolute Gasteiger partial charge is 0.490 e. The van der Waals surface area contributed by atoms with Gasteiger partial charge in [-0.1, -0.05) is 36.7 Å². The van der Waals surface area contributed by atoms with Crippen molar-refractivity contribution >= 4 is 34.2 Å². The van der Waals surface area contributed by atoms with E-state index >= 15 is 0 Å². The van der Waals surface area contributed by atoms with E-state index in [-0.39, 0.29) is 28.6 Å². The smallest absolute Gasteiger partial charge is 0.263 e. The van der Waals surface area contributed by atoms with Crippen molar-refractivity contribution in [1.29, 1.82) is 0 Å². The molecule has 238 valence electrons. The molecule has 1 N–H and O–H groups in total. The number of carbonyl (C=O) groups is 1. The highest BCUT2D eigenvalue weighted by molar-refractivity contribution is 7.84. The number of halogens is 1. The van der Waals surface area contributed by atoms with Crippen molar-refractivity contribution in [2.75, 3.05) is 45.4 Å². The highest BCUT2D eigenvalue weighted by Gasteiger charge is 2.44. The molecular weight excluding hydrogens is 596 g/mol. The SMILES string of the molecule is COCCC1C(C)C/C=C/C(OC)C2CCC2CN2C[C@@]3(CCCc4cc(Cl)ccc43)COc3ccc(cc32)C(=O)NS1=O. The molecule has 6 rings (SSSR count). The van der Waals surface area contributed by atoms with E-state index in [1.165, 1.54) is 11.1 Å². The van der Waals surface area contributed by atoms with Gasteiger partial charge in [0.05, 0.1) is 23.6 Å². The second-order valence-electron chi connectivity index (χ2n) is 13.2. The van der Waals surface area contributed by atoms with Crippen LogP contribution in [0.15, 0.2) is 48.6 Å². The minimum atomic E-state index is -1.58. The van der Waals surface area contributed by atoms with Crippen LogP contribution < -0.4 is 14.4 Å². The molecule has 6 unspecified atom stereocenters. The van der Waals surface area contributed by atoms with E-state index in [1.807, 2.05) is 18.2 Å². The van der Waals surface area contributed by atoms with Crippen molar-refractivity contribution in [3.05, 3.63) is 70.3 Å². The summed E-state index contributed by atoms with van der Waals surface area (Å²) in [6.07, 6.45) is 11.1. The first kappa shape index (κ1) is 31.6. The first-order valence-corrected chi connectivity index (χ1v) is 17.6. The van der Waals surface area contributed by atoms with Gasteiger partial charge >= 0.3 is 0 Å². The number of anilines is 1. The van der Waals surface area contributed by atoms with E-state index in [0.29, 0.717) is 37.0 Å². The van der Waals surface area contributed by atoms with Crippen LogP contribution in [0.25, 0.3) is 0 Å². The van der Waals surface area contributed by atoms with Gasteiger partial charge in [-0.15, -0.1) is 0 Å². The lowest BCUT2D eigenvalue weighted by atomic mass is 9.68.